The van der Waals surface area contributed by atoms with Crippen molar-refractivity contribution in [3.8, 4) is 0 Å². The van der Waals surface area contributed by atoms with Crippen LogP contribution in [0.15, 0.2) is 0 Å². The van der Waals surface area contributed by atoms with E-state index in [2.05, 4.69) is 42.9 Å². The molecular weight excluding hydrogens is 218 g/mol. The Morgan fingerprint density at radius 2 is 2.19 bits per heavy atom. The maximum absolute atomic E-state index is 4.61. The van der Waals surface area contributed by atoms with Gasteiger partial charge in [-0.2, -0.15) is 0 Å². The van der Waals surface area contributed by atoms with Gasteiger partial charge in [-0.15, -0.1) is 11.3 Å². The van der Waals surface area contributed by atoms with E-state index in [1.54, 1.807) is 0 Å². The summed E-state index contributed by atoms with van der Waals surface area (Å²) in [6.45, 7) is 13.1. The van der Waals surface area contributed by atoms with Crippen LogP contribution in [0.25, 0.3) is 0 Å². The molecule has 0 radical (unpaired) electrons. The van der Waals surface area contributed by atoms with Crippen molar-refractivity contribution in [2.24, 2.45) is 0 Å². The third-order valence-electron chi connectivity index (χ3n) is 3.08. The molecule has 0 saturated carbocycles. The van der Waals surface area contributed by atoms with E-state index in [-0.39, 0.29) is 5.54 Å². The van der Waals surface area contributed by atoms with E-state index in [1.165, 1.54) is 15.6 Å². The van der Waals surface area contributed by atoms with Crippen molar-refractivity contribution < 1.29 is 0 Å². The zero-order chi connectivity index (χ0) is 11.8. The lowest BCUT2D eigenvalue weighted by atomic mass is 10.0. The second-order valence-corrected chi connectivity index (χ2v) is 6.56. The van der Waals surface area contributed by atoms with Crippen molar-refractivity contribution in [1.29, 1.82) is 0 Å². The minimum Gasteiger partial charge on any atom is -0.309 e. The van der Waals surface area contributed by atoms with Crippen LogP contribution in [0.5, 0.6) is 0 Å². The van der Waals surface area contributed by atoms with Crippen molar-refractivity contribution in [3.05, 3.63) is 15.6 Å². The van der Waals surface area contributed by atoms with Gasteiger partial charge in [-0.1, -0.05) is 0 Å². The molecule has 0 aromatic carbocycles. The van der Waals surface area contributed by atoms with Crippen molar-refractivity contribution in [2.45, 2.75) is 39.8 Å². The van der Waals surface area contributed by atoms with Crippen molar-refractivity contribution >= 4 is 11.3 Å². The summed E-state index contributed by atoms with van der Waals surface area (Å²) in [5.74, 6) is 0. The first-order valence-corrected chi connectivity index (χ1v) is 6.68. The molecule has 1 aromatic heterocycles. The summed E-state index contributed by atoms with van der Waals surface area (Å²) >= 11 is 1.83. The number of aryl methyl sites for hydroxylation is 2. The number of nitrogens with zero attached hydrogens (tertiary/aromatic N) is 2. The Labute approximate surface area is 102 Å². The fourth-order valence-electron chi connectivity index (χ4n) is 2.18. The van der Waals surface area contributed by atoms with Gasteiger partial charge in [0.2, 0.25) is 0 Å². The van der Waals surface area contributed by atoms with Crippen molar-refractivity contribution in [1.82, 2.24) is 15.2 Å². The van der Waals surface area contributed by atoms with Crippen molar-refractivity contribution in [3.63, 3.8) is 0 Å². The SMILES string of the molecule is Cc1nc(CN2CCNC(C)(C)C2)sc1C. The first kappa shape index (κ1) is 12.0. The van der Waals surface area contributed by atoms with E-state index in [0.717, 1.165) is 26.2 Å². The number of hydrogen-bond donors (Lipinski definition) is 1. The van der Waals surface area contributed by atoms with Gasteiger partial charge in [-0.3, -0.25) is 4.90 Å². The number of aromatic nitrogens is 1. The summed E-state index contributed by atoms with van der Waals surface area (Å²) in [5.41, 5.74) is 1.42. The maximum atomic E-state index is 4.61. The normalized spacial score (nSPS) is 21.2. The predicted octanol–water partition coefficient (Wildman–Crippen LogP) is 1.94. The zero-order valence-electron chi connectivity index (χ0n) is 10.6. The summed E-state index contributed by atoms with van der Waals surface area (Å²) in [7, 11) is 0. The molecule has 4 heteroatoms. The molecule has 1 aromatic rings. The number of nitrogens with one attached hydrogen (secondary N) is 1. The summed E-state index contributed by atoms with van der Waals surface area (Å²) in [6, 6.07) is 0. The molecule has 0 unspecified atom stereocenters. The quantitative estimate of drug-likeness (QED) is 0.855. The number of hydrogen-bond acceptors (Lipinski definition) is 4. The summed E-state index contributed by atoms with van der Waals surface area (Å²) < 4.78 is 0. The fourth-order valence-corrected chi connectivity index (χ4v) is 3.16. The second-order valence-electron chi connectivity index (χ2n) is 5.27. The highest BCUT2D eigenvalue weighted by Crippen LogP contribution is 2.20. The van der Waals surface area contributed by atoms with Crippen LogP contribution >= 0.6 is 11.3 Å². The van der Waals surface area contributed by atoms with E-state index in [4.69, 9.17) is 0 Å². The van der Waals surface area contributed by atoms with Gasteiger partial charge < -0.3 is 5.32 Å². The molecule has 2 heterocycles. The zero-order valence-corrected chi connectivity index (χ0v) is 11.4. The molecule has 0 amide bonds. The molecule has 1 fully saturated rings. The molecule has 1 aliphatic rings. The topological polar surface area (TPSA) is 28.2 Å². The smallest absolute Gasteiger partial charge is 0.107 e. The van der Waals surface area contributed by atoms with E-state index in [9.17, 15) is 0 Å². The van der Waals surface area contributed by atoms with Gasteiger partial charge in [0.15, 0.2) is 0 Å². The molecule has 3 nitrogen and oxygen atoms in total. The monoisotopic (exact) mass is 239 g/mol. The number of piperazine rings is 1. The lowest BCUT2D eigenvalue weighted by molar-refractivity contribution is 0.148. The number of rotatable bonds is 2. The van der Waals surface area contributed by atoms with E-state index in [0.29, 0.717) is 0 Å². The van der Waals surface area contributed by atoms with Gasteiger partial charge in [0, 0.05) is 30.1 Å². The Balaban J connectivity index is 1.99. The first-order valence-electron chi connectivity index (χ1n) is 5.86. The maximum Gasteiger partial charge on any atom is 0.107 e. The van der Waals surface area contributed by atoms with Gasteiger partial charge in [0.05, 0.1) is 12.2 Å². The Morgan fingerprint density at radius 1 is 1.44 bits per heavy atom. The molecular formula is C12H21N3S. The fraction of sp³-hybridized carbons (Fsp3) is 0.750. The molecule has 0 bridgehead atoms. The minimum absolute atomic E-state index is 0.236. The lowest BCUT2D eigenvalue weighted by Gasteiger charge is -2.38. The third-order valence-corrected chi connectivity index (χ3v) is 4.14. The van der Waals surface area contributed by atoms with Gasteiger partial charge in [-0.05, 0) is 27.7 Å². The van der Waals surface area contributed by atoms with Gasteiger partial charge in [-0.25, -0.2) is 4.98 Å². The van der Waals surface area contributed by atoms with E-state index < -0.39 is 0 Å². The predicted molar refractivity (Wildman–Crippen MR) is 68.9 cm³/mol. The highest BCUT2D eigenvalue weighted by atomic mass is 32.1. The molecule has 2 rings (SSSR count). The van der Waals surface area contributed by atoms with Crippen LogP contribution in [0, 0.1) is 13.8 Å². The average molecular weight is 239 g/mol. The van der Waals surface area contributed by atoms with Gasteiger partial charge >= 0.3 is 0 Å². The Hall–Kier alpha value is -0.450. The van der Waals surface area contributed by atoms with Crippen molar-refractivity contribution in [2.75, 3.05) is 19.6 Å². The van der Waals surface area contributed by atoms with Crippen LogP contribution < -0.4 is 5.32 Å². The van der Waals surface area contributed by atoms with Crippen LogP contribution in [-0.4, -0.2) is 35.1 Å². The summed E-state index contributed by atoms with van der Waals surface area (Å²) in [6.07, 6.45) is 0. The Morgan fingerprint density at radius 3 is 2.75 bits per heavy atom. The first-order chi connectivity index (χ1) is 7.46. The summed E-state index contributed by atoms with van der Waals surface area (Å²) in [4.78, 5) is 8.45. The largest absolute Gasteiger partial charge is 0.309 e. The van der Waals surface area contributed by atoms with Crippen LogP contribution in [0.4, 0.5) is 0 Å². The highest BCUT2D eigenvalue weighted by Gasteiger charge is 2.26. The Bertz CT molecular complexity index is 351. The highest BCUT2D eigenvalue weighted by molar-refractivity contribution is 7.11. The van der Waals surface area contributed by atoms with E-state index in [1.807, 2.05) is 11.3 Å². The molecule has 1 N–H and O–H groups in total. The minimum atomic E-state index is 0.236. The van der Waals surface area contributed by atoms with Crippen LogP contribution in [-0.2, 0) is 6.54 Å². The van der Waals surface area contributed by atoms with Crippen LogP contribution in [0.1, 0.15) is 29.4 Å². The van der Waals surface area contributed by atoms with Crippen LogP contribution in [0.3, 0.4) is 0 Å². The second kappa shape index (κ2) is 4.43. The third kappa shape index (κ3) is 2.81. The molecule has 1 saturated heterocycles. The van der Waals surface area contributed by atoms with Crippen LogP contribution in [0.2, 0.25) is 0 Å². The Kier molecular flexibility index (Phi) is 3.33. The average Bonchev–Trinajstić information content (AvgIpc) is 2.43. The lowest BCUT2D eigenvalue weighted by Crippen LogP contribution is -2.56. The molecule has 1 aliphatic heterocycles. The number of thiazole rings is 1. The molecule has 0 atom stereocenters. The molecule has 0 aliphatic carbocycles. The molecule has 90 valence electrons. The van der Waals surface area contributed by atoms with Gasteiger partial charge in [0.25, 0.3) is 0 Å². The van der Waals surface area contributed by atoms with Gasteiger partial charge in [0.1, 0.15) is 5.01 Å². The summed E-state index contributed by atoms with van der Waals surface area (Å²) in [5, 5.41) is 4.79. The molecule has 16 heavy (non-hydrogen) atoms. The molecule has 0 spiro atoms. The standard InChI is InChI=1S/C12H21N3S/c1-9-10(2)16-11(14-9)7-15-6-5-13-12(3,4)8-15/h13H,5-8H2,1-4H3. The van der Waals surface area contributed by atoms with E-state index >= 15 is 0 Å².